The highest BCUT2D eigenvalue weighted by atomic mass is 32.2. The molecule has 0 aliphatic rings. The third-order valence-electron chi connectivity index (χ3n) is 3.04. The summed E-state index contributed by atoms with van der Waals surface area (Å²) in [5.41, 5.74) is 1.96. The molecule has 1 rings (SSSR count). The van der Waals surface area contributed by atoms with E-state index in [0.29, 0.717) is 11.8 Å². The van der Waals surface area contributed by atoms with Gasteiger partial charge in [0.2, 0.25) is 10.0 Å². The Bertz CT molecular complexity index is 486. The predicted octanol–water partition coefficient (Wildman–Crippen LogP) is 1.97. The second kappa shape index (κ2) is 8.67. The minimum atomic E-state index is -3.24. The first-order valence-corrected chi connectivity index (χ1v) is 9.63. The fraction of sp³-hybridized carbons (Fsp3) is 0.571. The molecule has 0 aromatic heterocycles. The summed E-state index contributed by atoms with van der Waals surface area (Å²) in [6, 6.07) is 7.65. The third kappa shape index (κ3) is 6.74. The van der Waals surface area contributed by atoms with Crippen LogP contribution < -0.4 is 10.0 Å². The van der Waals surface area contributed by atoms with Crippen molar-refractivity contribution in [3.8, 4) is 0 Å². The zero-order chi connectivity index (χ0) is 15.0. The van der Waals surface area contributed by atoms with Gasteiger partial charge in [0.25, 0.3) is 0 Å². The summed E-state index contributed by atoms with van der Waals surface area (Å²) < 4.78 is 26.6. The summed E-state index contributed by atoms with van der Waals surface area (Å²) in [5, 5.41) is 3.53. The van der Waals surface area contributed by atoms with Gasteiger partial charge >= 0.3 is 0 Å². The number of nitrogens with one attached hydrogen (secondary N) is 2. The lowest BCUT2D eigenvalue weighted by molar-refractivity contribution is 0.578. The van der Waals surface area contributed by atoms with Crippen LogP contribution in [0.3, 0.4) is 0 Å². The molecule has 1 atom stereocenters. The van der Waals surface area contributed by atoms with E-state index in [-0.39, 0.29) is 5.75 Å². The molecule has 6 heteroatoms. The Labute approximate surface area is 126 Å². The van der Waals surface area contributed by atoms with E-state index in [4.69, 9.17) is 0 Å². The molecule has 0 bridgehead atoms. The number of hydrogen-bond acceptors (Lipinski definition) is 4. The van der Waals surface area contributed by atoms with Crippen molar-refractivity contribution >= 4 is 21.8 Å². The summed E-state index contributed by atoms with van der Waals surface area (Å²) in [5.74, 6) is 0.0421. The van der Waals surface area contributed by atoms with Crippen LogP contribution in [0.5, 0.6) is 0 Å². The van der Waals surface area contributed by atoms with Gasteiger partial charge in [0.05, 0.1) is 5.75 Å². The summed E-state index contributed by atoms with van der Waals surface area (Å²) in [6.45, 7) is 3.39. The van der Waals surface area contributed by atoms with E-state index in [1.165, 1.54) is 0 Å². The molecule has 2 N–H and O–H groups in total. The lowest BCUT2D eigenvalue weighted by Crippen LogP contribution is -2.27. The number of benzene rings is 1. The minimum absolute atomic E-state index is 0.0421. The fourth-order valence-corrected chi connectivity index (χ4v) is 3.28. The molecule has 0 amide bonds. The van der Waals surface area contributed by atoms with Crippen LogP contribution in [0.4, 0.5) is 0 Å². The molecule has 0 radical (unpaired) electrons. The van der Waals surface area contributed by atoms with Crippen molar-refractivity contribution in [2.45, 2.75) is 30.9 Å². The molecular weight excluding hydrogens is 292 g/mol. The Kier molecular flexibility index (Phi) is 7.58. The van der Waals surface area contributed by atoms with Crippen LogP contribution in [0.25, 0.3) is 0 Å². The van der Waals surface area contributed by atoms with Gasteiger partial charge in [-0.1, -0.05) is 31.2 Å². The van der Waals surface area contributed by atoms with E-state index in [1.54, 1.807) is 11.8 Å². The van der Waals surface area contributed by atoms with Crippen molar-refractivity contribution in [2.24, 2.45) is 0 Å². The first-order chi connectivity index (χ1) is 9.46. The maximum Gasteiger partial charge on any atom is 0.215 e. The minimum Gasteiger partial charge on any atom is -0.316 e. The molecule has 0 fully saturated rings. The number of hydrogen-bond donors (Lipinski definition) is 2. The van der Waals surface area contributed by atoms with Gasteiger partial charge in [-0.25, -0.2) is 13.1 Å². The Morgan fingerprint density at radius 1 is 1.20 bits per heavy atom. The predicted molar refractivity (Wildman–Crippen MR) is 87.4 cm³/mol. The topological polar surface area (TPSA) is 58.2 Å². The Balaban J connectivity index is 2.49. The number of rotatable bonds is 9. The molecule has 4 nitrogen and oxygen atoms in total. The number of sulfonamides is 1. The van der Waals surface area contributed by atoms with Crippen LogP contribution in [-0.2, 0) is 22.3 Å². The monoisotopic (exact) mass is 316 g/mol. The first kappa shape index (κ1) is 17.5. The van der Waals surface area contributed by atoms with Gasteiger partial charge in [0, 0.05) is 18.3 Å². The maximum absolute atomic E-state index is 12.0. The van der Waals surface area contributed by atoms with Crippen molar-refractivity contribution < 1.29 is 8.42 Å². The molecule has 0 heterocycles. The molecule has 0 aliphatic heterocycles. The molecule has 1 aromatic carbocycles. The molecule has 20 heavy (non-hydrogen) atoms. The van der Waals surface area contributed by atoms with E-state index in [2.05, 4.69) is 17.0 Å². The van der Waals surface area contributed by atoms with Gasteiger partial charge in [-0.05, 0) is 30.9 Å². The van der Waals surface area contributed by atoms with Crippen molar-refractivity contribution in [1.29, 1.82) is 0 Å². The zero-order valence-electron chi connectivity index (χ0n) is 12.3. The van der Waals surface area contributed by atoms with E-state index >= 15 is 0 Å². The third-order valence-corrected chi connectivity index (χ3v) is 5.43. The van der Waals surface area contributed by atoms with Crippen molar-refractivity contribution in [3.63, 3.8) is 0 Å². The Morgan fingerprint density at radius 2 is 1.80 bits per heavy atom. The average Bonchev–Trinajstić information content (AvgIpc) is 2.40. The van der Waals surface area contributed by atoms with Crippen LogP contribution >= 0.6 is 11.8 Å². The molecular formula is C14H24N2O2S2. The smallest absolute Gasteiger partial charge is 0.215 e. The molecule has 0 spiro atoms. The zero-order valence-corrected chi connectivity index (χ0v) is 14.0. The quantitative estimate of drug-likeness (QED) is 0.731. The fourth-order valence-electron chi connectivity index (χ4n) is 1.76. The summed E-state index contributed by atoms with van der Waals surface area (Å²) >= 11 is 1.74. The van der Waals surface area contributed by atoms with Crippen LogP contribution in [0.2, 0.25) is 0 Å². The normalized spacial score (nSPS) is 13.3. The molecule has 1 unspecified atom stereocenters. The second-order valence-electron chi connectivity index (χ2n) is 4.84. The van der Waals surface area contributed by atoms with Gasteiger partial charge in [-0.15, -0.1) is 0 Å². The summed E-state index contributed by atoms with van der Waals surface area (Å²) in [6.07, 6.45) is 2.88. The van der Waals surface area contributed by atoms with E-state index in [0.717, 1.165) is 24.1 Å². The van der Waals surface area contributed by atoms with Gasteiger partial charge in [-0.2, -0.15) is 11.8 Å². The summed E-state index contributed by atoms with van der Waals surface area (Å²) in [7, 11) is -1.35. The summed E-state index contributed by atoms with van der Waals surface area (Å²) in [4.78, 5) is 0. The molecule has 0 saturated heterocycles. The lowest BCUT2D eigenvalue weighted by atomic mass is 10.1. The van der Waals surface area contributed by atoms with Crippen molar-refractivity contribution in [2.75, 3.05) is 19.8 Å². The largest absolute Gasteiger partial charge is 0.316 e. The lowest BCUT2D eigenvalue weighted by Gasteiger charge is -2.10. The molecule has 1 aromatic rings. The molecule has 0 saturated carbocycles. The van der Waals surface area contributed by atoms with Gasteiger partial charge in [0.1, 0.15) is 0 Å². The van der Waals surface area contributed by atoms with E-state index in [1.807, 2.05) is 37.6 Å². The van der Waals surface area contributed by atoms with Crippen LogP contribution in [0.15, 0.2) is 24.3 Å². The van der Waals surface area contributed by atoms with Crippen molar-refractivity contribution in [1.82, 2.24) is 10.0 Å². The number of thioether (sulfide) groups is 1. The highest BCUT2D eigenvalue weighted by molar-refractivity contribution is 7.99. The Morgan fingerprint density at radius 3 is 2.35 bits per heavy atom. The van der Waals surface area contributed by atoms with Crippen LogP contribution in [-0.4, -0.2) is 33.5 Å². The Hall–Kier alpha value is -0.560. The van der Waals surface area contributed by atoms with Crippen molar-refractivity contribution in [3.05, 3.63) is 35.4 Å². The maximum atomic E-state index is 12.0. The highest BCUT2D eigenvalue weighted by Crippen LogP contribution is 2.10. The average molecular weight is 316 g/mol. The first-order valence-electron chi connectivity index (χ1n) is 6.69. The van der Waals surface area contributed by atoms with Gasteiger partial charge in [-0.3, -0.25) is 0 Å². The van der Waals surface area contributed by atoms with Gasteiger partial charge < -0.3 is 5.32 Å². The van der Waals surface area contributed by atoms with Crippen LogP contribution in [0.1, 0.15) is 24.5 Å². The molecule has 0 aliphatic carbocycles. The van der Waals surface area contributed by atoms with Crippen LogP contribution in [0, 0.1) is 0 Å². The molecule has 114 valence electrons. The van der Waals surface area contributed by atoms with Gasteiger partial charge in [0.15, 0.2) is 0 Å². The van der Waals surface area contributed by atoms with E-state index < -0.39 is 10.0 Å². The standard InChI is InChI=1S/C14H24N2O2S2/c1-12(19-3)8-9-16-20(17,18)11-14-6-4-13(5-7-14)10-15-2/h4-7,12,15-16H,8-11H2,1-3H3. The second-order valence-corrected chi connectivity index (χ2v) is 7.92. The SMILES string of the molecule is CNCc1ccc(CS(=O)(=O)NCCC(C)SC)cc1. The highest BCUT2D eigenvalue weighted by Gasteiger charge is 2.11. The van der Waals surface area contributed by atoms with E-state index in [9.17, 15) is 8.42 Å².